The second kappa shape index (κ2) is 4.40. The number of aliphatic hydroxyl groups excluding tert-OH is 1. The summed E-state index contributed by atoms with van der Waals surface area (Å²) in [6, 6.07) is 0. The third kappa shape index (κ3) is 3.63. The van der Waals surface area contributed by atoms with Crippen molar-refractivity contribution < 1.29 is 5.11 Å². The zero-order valence-corrected chi connectivity index (χ0v) is 8.79. The van der Waals surface area contributed by atoms with Crippen LogP contribution in [0.1, 0.15) is 32.6 Å². The lowest BCUT2D eigenvalue weighted by atomic mass is 9.86. The highest BCUT2D eigenvalue weighted by atomic mass is 16.3. The van der Waals surface area contributed by atoms with Crippen LogP contribution in [-0.4, -0.2) is 41.8 Å². The minimum absolute atomic E-state index is 0.126. The molecule has 1 heterocycles. The Kier molecular flexibility index (Phi) is 3.71. The molecule has 0 aromatic heterocycles. The van der Waals surface area contributed by atoms with Gasteiger partial charge in [0, 0.05) is 5.54 Å². The van der Waals surface area contributed by atoms with Gasteiger partial charge in [0.2, 0.25) is 0 Å². The summed E-state index contributed by atoms with van der Waals surface area (Å²) in [7, 11) is 2.13. The van der Waals surface area contributed by atoms with Gasteiger partial charge in [-0.1, -0.05) is 0 Å². The molecule has 3 nitrogen and oxygen atoms in total. The highest BCUT2D eigenvalue weighted by Gasteiger charge is 2.28. The van der Waals surface area contributed by atoms with Gasteiger partial charge in [-0.3, -0.25) is 0 Å². The van der Waals surface area contributed by atoms with Gasteiger partial charge in [0.05, 0.1) is 6.10 Å². The Labute approximate surface area is 80.9 Å². The van der Waals surface area contributed by atoms with Gasteiger partial charge in [0.15, 0.2) is 0 Å². The van der Waals surface area contributed by atoms with E-state index in [1.54, 1.807) is 0 Å². The zero-order valence-electron chi connectivity index (χ0n) is 8.79. The molecule has 1 fully saturated rings. The fraction of sp³-hybridized carbons (Fsp3) is 1.00. The van der Waals surface area contributed by atoms with E-state index in [9.17, 15) is 5.11 Å². The molecule has 0 aromatic carbocycles. The van der Waals surface area contributed by atoms with Crippen molar-refractivity contribution in [2.24, 2.45) is 5.73 Å². The average Bonchev–Trinajstić information content (AvgIpc) is 2.12. The van der Waals surface area contributed by atoms with Gasteiger partial charge in [0.1, 0.15) is 0 Å². The van der Waals surface area contributed by atoms with Gasteiger partial charge in [0.25, 0.3) is 0 Å². The van der Waals surface area contributed by atoms with Crippen LogP contribution in [0.25, 0.3) is 0 Å². The Morgan fingerprint density at radius 2 is 2.15 bits per heavy atom. The molecule has 0 amide bonds. The predicted octanol–water partition coefficient (Wildman–Crippen LogP) is 0.570. The standard InChI is InChI=1S/C10H22N2O/c1-9(13)8-10(11)4-3-6-12(2)7-5-10/h9,13H,3-8,11H2,1-2H3. The first kappa shape index (κ1) is 11.0. The van der Waals surface area contributed by atoms with E-state index in [0.29, 0.717) is 0 Å². The van der Waals surface area contributed by atoms with E-state index < -0.39 is 0 Å². The molecule has 3 heteroatoms. The largest absolute Gasteiger partial charge is 0.393 e. The van der Waals surface area contributed by atoms with Crippen LogP contribution in [-0.2, 0) is 0 Å². The van der Waals surface area contributed by atoms with Crippen LogP contribution in [0.4, 0.5) is 0 Å². The Morgan fingerprint density at radius 3 is 2.77 bits per heavy atom. The van der Waals surface area contributed by atoms with Crippen LogP contribution in [0.3, 0.4) is 0 Å². The maximum absolute atomic E-state index is 9.33. The van der Waals surface area contributed by atoms with E-state index in [1.165, 1.54) is 0 Å². The summed E-state index contributed by atoms with van der Waals surface area (Å²) in [5.41, 5.74) is 6.11. The Morgan fingerprint density at radius 1 is 1.46 bits per heavy atom. The van der Waals surface area contributed by atoms with Crippen molar-refractivity contribution >= 4 is 0 Å². The van der Waals surface area contributed by atoms with Gasteiger partial charge in [-0.25, -0.2) is 0 Å². The molecule has 0 bridgehead atoms. The van der Waals surface area contributed by atoms with Crippen LogP contribution in [0.15, 0.2) is 0 Å². The first-order valence-corrected chi connectivity index (χ1v) is 5.17. The molecule has 1 aliphatic heterocycles. The summed E-state index contributed by atoms with van der Waals surface area (Å²) in [6.45, 7) is 4.02. The number of hydrogen-bond donors (Lipinski definition) is 2. The van der Waals surface area contributed by atoms with E-state index in [-0.39, 0.29) is 11.6 Å². The van der Waals surface area contributed by atoms with Crippen LogP contribution in [0.2, 0.25) is 0 Å². The lowest BCUT2D eigenvalue weighted by Crippen LogP contribution is -2.43. The van der Waals surface area contributed by atoms with Gasteiger partial charge < -0.3 is 15.7 Å². The number of rotatable bonds is 2. The highest BCUT2D eigenvalue weighted by molar-refractivity contribution is 4.88. The van der Waals surface area contributed by atoms with Crippen molar-refractivity contribution in [3.05, 3.63) is 0 Å². The summed E-state index contributed by atoms with van der Waals surface area (Å²) in [5.74, 6) is 0. The fourth-order valence-electron chi connectivity index (χ4n) is 2.14. The minimum atomic E-state index is -0.270. The van der Waals surface area contributed by atoms with Crippen molar-refractivity contribution in [1.29, 1.82) is 0 Å². The van der Waals surface area contributed by atoms with Crippen molar-refractivity contribution in [2.75, 3.05) is 20.1 Å². The Hall–Kier alpha value is -0.120. The summed E-state index contributed by atoms with van der Waals surface area (Å²) in [5, 5.41) is 9.33. The van der Waals surface area contributed by atoms with Crippen LogP contribution in [0.5, 0.6) is 0 Å². The lowest BCUT2D eigenvalue weighted by Gasteiger charge is -2.29. The molecule has 1 saturated heterocycles. The molecule has 2 unspecified atom stereocenters. The quantitative estimate of drug-likeness (QED) is 0.663. The second-order valence-corrected chi connectivity index (χ2v) is 4.57. The number of hydrogen-bond acceptors (Lipinski definition) is 3. The molecule has 2 atom stereocenters. The maximum atomic E-state index is 9.33. The van der Waals surface area contributed by atoms with E-state index in [1.807, 2.05) is 6.92 Å². The first-order valence-electron chi connectivity index (χ1n) is 5.17. The lowest BCUT2D eigenvalue weighted by molar-refractivity contribution is 0.141. The van der Waals surface area contributed by atoms with Crippen molar-refractivity contribution in [3.8, 4) is 0 Å². The summed E-state index contributed by atoms with van der Waals surface area (Å²) >= 11 is 0. The number of nitrogens with two attached hydrogens (primary N) is 1. The average molecular weight is 186 g/mol. The van der Waals surface area contributed by atoms with Crippen LogP contribution < -0.4 is 5.73 Å². The predicted molar refractivity (Wildman–Crippen MR) is 54.6 cm³/mol. The van der Waals surface area contributed by atoms with Gasteiger partial charge in [-0.05, 0) is 52.7 Å². The number of likely N-dealkylation sites (tertiary alicyclic amines) is 1. The molecule has 13 heavy (non-hydrogen) atoms. The molecule has 1 rings (SSSR count). The number of nitrogens with zero attached hydrogens (tertiary/aromatic N) is 1. The molecule has 0 spiro atoms. The summed E-state index contributed by atoms with van der Waals surface area (Å²) in [4.78, 5) is 2.32. The smallest absolute Gasteiger partial charge is 0.0529 e. The molecule has 78 valence electrons. The van der Waals surface area contributed by atoms with Crippen molar-refractivity contribution in [2.45, 2.75) is 44.2 Å². The third-order valence-corrected chi connectivity index (χ3v) is 2.91. The van der Waals surface area contributed by atoms with Gasteiger partial charge in [-0.15, -0.1) is 0 Å². The number of aliphatic hydroxyl groups is 1. The normalized spacial score (nSPS) is 34.2. The summed E-state index contributed by atoms with van der Waals surface area (Å²) < 4.78 is 0. The molecular formula is C10H22N2O. The molecule has 0 aliphatic carbocycles. The third-order valence-electron chi connectivity index (χ3n) is 2.91. The fourth-order valence-corrected chi connectivity index (χ4v) is 2.14. The van der Waals surface area contributed by atoms with Crippen LogP contribution in [0, 0.1) is 0 Å². The first-order chi connectivity index (χ1) is 6.02. The topological polar surface area (TPSA) is 49.5 Å². The van der Waals surface area contributed by atoms with E-state index in [4.69, 9.17) is 5.73 Å². The molecule has 3 N–H and O–H groups in total. The molecule has 1 aliphatic rings. The van der Waals surface area contributed by atoms with E-state index in [2.05, 4.69) is 11.9 Å². The van der Waals surface area contributed by atoms with Crippen molar-refractivity contribution in [1.82, 2.24) is 4.90 Å². The molecule has 0 saturated carbocycles. The van der Waals surface area contributed by atoms with Crippen LogP contribution >= 0.6 is 0 Å². The Balaban J connectivity index is 2.47. The Bertz CT molecular complexity index is 161. The zero-order chi connectivity index (χ0) is 9.90. The maximum Gasteiger partial charge on any atom is 0.0529 e. The molecule has 0 radical (unpaired) electrons. The van der Waals surface area contributed by atoms with Gasteiger partial charge >= 0.3 is 0 Å². The monoisotopic (exact) mass is 186 g/mol. The van der Waals surface area contributed by atoms with Crippen molar-refractivity contribution in [3.63, 3.8) is 0 Å². The minimum Gasteiger partial charge on any atom is -0.393 e. The van der Waals surface area contributed by atoms with E-state index in [0.717, 1.165) is 38.8 Å². The van der Waals surface area contributed by atoms with E-state index >= 15 is 0 Å². The second-order valence-electron chi connectivity index (χ2n) is 4.57. The molecule has 0 aromatic rings. The SMILES string of the molecule is CC(O)CC1(N)CCCN(C)CC1. The highest BCUT2D eigenvalue weighted by Crippen LogP contribution is 2.23. The summed E-state index contributed by atoms with van der Waals surface area (Å²) in [6.07, 6.45) is 3.67. The van der Waals surface area contributed by atoms with Gasteiger partial charge in [-0.2, -0.15) is 0 Å². The molecular weight excluding hydrogens is 164 g/mol.